The van der Waals surface area contributed by atoms with Crippen molar-refractivity contribution in [1.29, 1.82) is 0 Å². The van der Waals surface area contributed by atoms with Gasteiger partial charge in [-0.2, -0.15) is 4.68 Å². The number of hydrogen-bond donors (Lipinski definition) is 1. The number of benzene rings is 2. The zero-order valence-corrected chi connectivity index (χ0v) is 15.3. The number of tetrazole rings is 1. The van der Waals surface area contributed by atoms with Crippen LogP contribution in [0, 0.1) is 5.82 Å². The van der Waals surface area contributed by atoms with Gasteiger partial charge >= 0.3 is 0 Å². The zero-order chi connectivity index (χ0) is 18.2. The second kappa shape index (κ2) is 9.35. The highest BCUT2D eigenvalue weighted by Crippen LogP contribution is 2.19. The van der Waals surface area contributed by atoms with Crippen LogP contribution in [0.15, 0.2) is 64.6 Å². The van der Waals surface area contributed by atoms with Crippen LogP contribution in [0.5, 0.6) is 0 Å². The van der Waals surface area contributed by atoms with E-state index in [-0.39, 0.29) is 17.5 Å². The molecule has 1 amide bonds. The number of rotatable bonds is 8. The van der Waals surface area contributed by atoms with Crippen LogP contribution in [0.1, 0.15) is 0 Å². The molecule has 0 saturated heterocycles. The SMILES string of the molecule is O=C(CSc1nnnn1-c1cccc(F)c1)NCCSc1ccccc1. The molecule has 9 heteroatoms. The summed E-state index contributed by atoms with van der Waals surface area (Å²) in [5.41, 5.74) is 0.511. The lowest BCUT2D eigenvalue weighted by atomic mass is 10.3. The number of nitrogens with zero attached hydrogens (tertiary/aromatic N) is 4. The molecular formula is C17H16FN5OS2. The van der Waals surface area contributed by atoms with Crippen LogP contribution in [0.2, 0.25) is 0 Å². The van der Waals surface area contributed by atoms with Crippen LogP contribution in [-0.4, -0.2) is 44.2 Å². The maximum absolute atomic E-state index is 13.3. The minimum Gasteiger partial charge on any atom is -0.355 e. The summed E-state index contributed by atoms with van der Waals surface area (Å²) in [6.07, 6.45) is 0. The fourth-order valence-electron chi connectivity index (χ4n) is 2.10. The second-order valence-corrected chi connectivity index (χ2v) is 7.26. The first-order valence-electron chi connectivity index (χ1n) is 7.84. The van der Waals surface area contributed by atoms with Gasteiger partial charge in [-0.25, -0.2) is 4.39 Å². The smallest absolute Gasteiger partial charge is 0.230 e. The van der Waals surface area contributed by atoms with E-state index < -0.39 is 0 Å². The van der Waals surface area contributed by atoms with Crippen molar-refractivity contribution in [2.75, 3.05) is 18.1 Å². The van der Waals surface area contributed by atoms with Crippen molar-refractivity contribution >= 4 is 29.4 Å². The number of aromatic nitrogens is 4. The Morgan fingerprint density at radius 2 is 1.96 bits per heavy atom. The topological polar surface area (TPSA) is 72.7 Å². The van der Waals surface area contributed by atoms with Gasteiger partial charge in [0, 0.05) is 17.2 Å². The molecule has 0 atom stereocenters. The first-order chi connectivity index (χ1) is 12.7. The minimum absolute atomic E-state index is 0.0996. The Morgan fingerprint density at radius 1 is 1.12 bits per heavy atom. The maximum atomic E-state index is 13.3. The molecule has 3 rings (SSSR count). The summed E-state index contributed by atoms with van der Waals surface area (Å²) in [5, 5.41) is 14.6. The van der Waals surface area contributed by atoms with Crippen molar-refractivity contribution in [2.45, 2.75) is 10.1 Å². The molecule has 0 bridgehead atoms. The van der Waals surface area contributed by atoms with Gasteiger partial charge in [0.25, 0.3) is 0 Å². The minimum atomic E-state index is -0.373. The van der Waals surface area contributed by atoms with E-state index in [0.717, 1.165) is 5.75 Å². The molecular weight excluding hydrogens is 373 g/mol. The van der Waals surface area contributed by atoms with Gasteiger partial charge in [-0.3, -0.25) is 4.79 Å². The number of carbonyl (C=O) groups is 1. The molecule has 1 N–H and O–H groups in total. The maximum Gasteiger partial charge on any atom is 0.230 e. The first kappa shape index (κ1) is 18.4. The number of amides is 1. The van der Waals surface area contributed by atoms with Crippen LogP contribution >= 0.6 is 23.5 Å². The number of hydrogen-bond acceptors (Lipinski definition) is 6. The molecule has 0 radical (unpaired) electrons. The van der Waals surface area contributed by atoms with Gasteiger partial charge in [0.05, 0.1) is 11.4 Å². The normalized spacial score (nSPS) is 10.7. The molecule has 2 aromatic carbocycles. The summed E-state index contributed by atoms with van der Waals surface area (Å²) in [6, 6.07) is 16.0. The summed E-state index contributed by atoms with van der Waals surface area (Å²) in [7, 11) is 0. The summed E-state index contributed by atoms with van der Waals surface area (Å²) in [6.45, 7) is 0.577. The van der Waals surface area contributed by atoms with E-state index in [1.807, 2.05) is 30.3 Å². The van der Waals surface area contributed by atoms with Crippen molar-refractivity contribution in [2.24, 2.45) is 0 Å². The molecule has 0 unspecified atom stereocenters. The molecule has 134 valence electrons. The molecule has 6 nitrogen and oxygen atoms in total. The van der Waals surface area contributed by atoms with Gasteiger partial charge in [-0.1, -0.05) is 36.0 Å². The molecule has 0 fully saturated rings. The van der Waals surface area contributed by atoms with E-state index >= 15 is 0 Å². The lowest BCUT2D eigenvalue weighted by molar-refractivity contribution is -0.118. The lowest BCUT2D eigenvalue weighted by Crippen LogP contribution is -2.27. The summed E-state index contributed by atoms with van der Waals surface area (Å²) in [4.78, 5) is 13.1. The molecule has 0 spiro atoms. The van der Waals surface area contributed by atoms with Crippen molar-refractivity contribution < 1.29 is 9.18 Å². The average molecular weight is 389 g/mol. The Balaban J connectivity index is 1.44. The first-order valence-corrected chi connectivity index (χ1v) is 9.81. The standard InChI is InChI=1S/C17H16FN5OS2/c18-13-5-4-6-14(11-13)23-17(20-21-22-23)26-12-16(24)19-9-10-25-15-7-2-1-3-8-15/h1-8,11H,9-10,12H2,(H,19,24). The van der Waals surface area contributed by atoms with Crippen molar-refractivity contribution in [3.63, 3.8) is 0 Å². The third-order valence-electron chi connectivity index (χ3n) is 3.26. The third-order valence-corrected chi connectivity index (χ3v) is 5.20. The predicted octanol–water partition coefficient (Wildman–Crippen LogP) is 2.80. The number of halogens is 1. The average Bonchev–Trinajstić information content (AvgIpc) is 3.13. The van der Waals surface area contributed by atoms with Crippen molar-refractivity contribution in [1.82, 2.24) is 25.5 Å². The van der Waals surface area contributed by atoms with Gasteiger partial charge in [0.1, 0.15) is 5.82 Å². The van der Waals surface area contributed by atoms with Crippen molar-refractivity contribution in [3.05, 3.63) is 60.4 Å². The molecule has 3 aromatic rings. The van der Waals surface area contributed by atoms with Crippen LogP contribution in [0.25, 0.3) is 5.69 Å². The number of carbonyl (C=O) groups excluding carboxylic acids is 1. The van der Waals surface area contributed by atoms with Gasteiger partial charge in [0.2, 0.25) is 11.1 Å². The van der Waals surface area contributed by atoms with Gasteiger partial charge in [-0.05, 0) is 40.8 Å². The fourth-order valence-corrected chi connectivity index (χ4v) is 3.61. The van der Waals surface area contributed by atoms with Crippen LogP contribution in [0.3, 0.4) is 0 Å². The largest absolute Gasteiger partial charge is 0.355 e. The highest BCUT2D eigenvalue weighted by Gasteiger charge is 2.11. The lowest BCUT2D eigenvalue weighted by Gasteiger charge is -2.06. The van der Waals surface area contributed by atoms with E-state index in [1.165, 1.54) is 33.5 Å². The molecule has 0 saturated carbocycles. The number of thioether (sulfide) groups is 2. The van der Waals surface area contributed by atoms with Crippen molar-refractivity contribution in [3.8, 4) is 5.69 Å². The van der Waals surface area contributed by atoms with Gasteiger partial charge < -0.3 is 5.32 Å². The van der Waals surface area contributed by atoms with Crippen LogP contribution in [0.4, 0.5) is 4.39 Å². The van der Waals surface area contributed by atoms with Crippen LogP contribution < -0.4 is 5.32 Å². The quantitative estimate of drug-likeness (QED) is 0.472. The third kappa shape index (κ3) is 5.30. The zero-order valence-electron chi connectivity index (χ0n) is 13.7. The predicted molar refractivity (Wildman–Crippen MR) is 100 cm³/mol. The Bertz CT molecular complexity index is 859. The summed E-state index contributed by atoms with van der Waals surface area (Å²) < 4.78 is 14.8. The molecule has 0 aliphatic heterocycles. The fraction of sp³-hybridized carbons (Fsp3) is 0.176. The Kier molecular flexibility index (Phi) is 6.62. The highest BCUT2D eigenvalue weighted by atomic mass is 32.2. The van der Waals surface area contributed by atoms with Gasteiger partial charge in [0.15, 0.2) is 0 Å². The van der Waals surface area contributed by atoms with E-state index in [9.17, 15) is 9.18 Å². The summed E-state index contributed by atoms with van der Waals surface area (Å²) in [5.74, 6) is 0.507. The van der Waals surface area contributed by atoms with E-state index in [4.69, 9.17) is 0 Å². The van der Waals surface area contributed by atoms with E-state index in [1.54, 1.807) is 23.9 Å². The molecule has 0 aliphatic carbocycles. The molecule has 26 heavy (non-hydrogen) atoms. The molecule has 1 heterocycles. The monoisotopic (exact) mass is 389 g/mol. The van der Waals surface area contributed by atoms with Gasteiger partial charge in [-0.15, -0.1) is 16.9 Å². The highest BCUT2D eigenvalue weighted by molar-refractivity contribution is 7.99. The summed E-state index contributed by atoms with van der Waals surface area (Å²) >= 11 is 2.89. The van der Waals surface area contributed by atoms with E-state index in [2.05, 4.69) is 20.8 Å². The number of nitrogens with one attached hydrogen (secondary N) is 1. The molecule has 1 aromatic heterocycles. The Labute approximate surface area is 158 Å². The Hall–Kier alpha value is -2.39. The Morgan fingerprint density at radius 3 is 2.77 bits per heavy atom. The van der Waals surface area contributed by atoms with Crippen LogP contribution in [-0.2, 0) is 4.79 Å². The second-order valence-electron chi connectivity index (χ2n) is 5.15. The van der Waals surface area contributed by atoms with E-state index in [0.29, 0.717) is 17.4 Å². The molecule has 0 aliphatic rings.